The molecule has 2 unspecified atom stereocenters. The Labute approximate surface area is 221 Å². The molecule has 3 aromatic rings. The Hall–Kier alpha value is -3.71. The second kappa shape index (κ2) is 12.0. The number of hydrogen-bond acceptors (Lipinski definition) is 5. The van der Waals surface area contributed by atoms with E-state index in [0.29, 0.717) is 37.5 Å². The SMILES string of the molecule is COCCN1CC(NC(=O)Nc2c(C)c(OCC(F)(F)F)nn2-c2ccccc2)C(c2ccc(F)c(F)c2)C1. The highest BCUT2D eigenvalue weighted by atomic mass is 19.4. The largest absolute Gasteiger partial charge is 0.467 e. The number of hydrogen-bond donors (Lipinski definition) is 2. The highest BCUT2D eigenvalue weighted by Crippen LogP contribution is 2.31. The number of ether oxygens (including phenoxy) is 2. The van der Waals surface area contributed by atoms with Crippen molar-refractivity contribution in [2.24, 2.45) is 0 Å². The van der Waals surface area contributed by atoms with E-state index in [1.807, 2.05) is 4.90 Å². The number of amides is 2. The average molecular weight is 554 g/mol. The van der Waals surface area contributed by atoms with Gasteiger partial charge in [0, 0.05) is 32.7 Å². The molecule has 1 aliphatic rings. The topological polar surface area (TPSA) is 80.7 Å². The molecule has 4 rings (SSSR count). The molecule has 2 atom stereocenters. The van der Waals surface area contributed by atoms with Crippen LogP contribution in [-0.2, 0) is 4.74 Å². The van der Waals surface area contributed by atoms with Crippen molar-refractivity contribution in [2.45, 2.75) is 25.1 Å². The summed E-state index contributed by atoms with van der Waals surface area (Å²) in [5.74, 6) is -2.47. The van der Waals surface area contributed by atoms with Crippen molar-refractivity contribution in [1.82, 2.24) is 20.0 Å². The fraction of sp³-hybridized carbons (Fsp3) is 0.385. The standard InChI is InChI=1S/C26H28F5N5O3/c1-16-23(36(18-6-4-3-5-7-18)34-24(16)39-15-26(29,30)31)33-25(37)32-22-14-35(10-11-38-2)13-19(22)17-8-9-20(27)21(28)12-17/h3-9,12,19,22H,10-11,13-15H2,1-2H3,(H2,32,33,37). The van der Waals surface area contributed by atoms with Crippen molar-refractivity contribution in [2.75, 3.05) is 45.3 Å². The highest BCUT2D eigenvalue weighted by Gasteiger charge is 2.36. The molecule has 1 fully saturated rings. The van der Waals surface area contributed by atoms with Gasteiger partial charge in [0.1, 0.15) is 5.82 Å². The van der Waals surface area contributed by atoms with Crippen molar-refractivity contribution in [1.29, 1.82) is 0 Å². The molecule has 0 spiro atoms. The minimum Gasteiger partial charge on any atom is -0.467 e. The van der Waals surface area contributed by atoms with Crippen LogP contribution in [0.3, 0.4) is 0 Å². The Bertz CT molecular complexity index is 1280. The lowest BCUT2D eigenvalue weighted by atomic mass is 9.94. The summed E-state index contributed by atoms with van der Waals surface area (Å²) in [7, 11) is 1.57. The molecule has 1 aliphatic heterocycles. The van der Waals surface area contributed by atoms with E-state index in [4.69, 9.17) is 9.47 Å². The van der Waals surface area contributed by atoms with Crippen LogP contribution >= 0.6 is 0 Å². The number of nitrogens with zero attached hydrogens (tertiary/aromatic N) is 3. The van der Waals surface area contributed by atoms with Gasteiger partial charge in [0.25, 0.3) is 0 Å². The molecule has 2 aromatic carbocycles. The van der Waals surface area contributed by atoms with Crippen LogP contribution in [0.5, 0.6) is 5.88 Å². The summed E-state index contributed by atoms with van der Waals surface area (Å²) in [6.45, 7) is 1.84. The summed E-state index contributed by atoms with van der Waals surface area (Å²) in [6.07, 6.45) is -4.57. The predicted octanol–water partition coefficient (Wildman–Crippen LogP) is 4.64. The molecule has 2 amide bonds. The molecular weight excluding hydrogens is 525 g/mol. The maximum atomic E-state index is 14.0. The summed E-state index contributed by atoms with van der Waals surface area (Å²) in [5.41, 5.74) is 1.21. The number of benzene rings is 2. The third-order valence-corrected chi connectivity index (χ3v) is 6.38. The Kier molecular flexibility index (Phi) is 8.70. The molecule has 39 heavy (non-hydrogen) atoms. The zero-order valence-corrected chi connectivity index (χ0v) is 21.3. The number of anilines is 1. The number of rotatable bonds is 9. The average Bonchev–Trinajstić information content (AvgIpc) is 3.43. The number of carbonyl (C=O) groups excluding carboxylic acids is 1. The monoisotopic (exact) mass is 553 g/mol. The Morgan fingerprint density at radius 1 is 1.10 bits per heavy atom. The summed E-state index contributed by atoms with van der Waals surface area (Å²) in [6, 6.07) is 11.0. The van der Waals surface area contributed by atoms with E-state index >= 15 is 0 Å². The minimum absolute atomic E-state index is 0.120. The van der Waals surface area contributed by atoms with Gasteiger partial charge in [-0.3, -0.25) is 10.2 Å². The first kappa shape index (κ1) is 28.3. The molecule has 2 heterocycles. The van der Waals surface area contributed by atoms with Gasteiger partial charge in [-0.1, -0.05) is 24.3 Å². The molecule has 0 radical (unpaired) electrons. The lowest BCUT2D eigenvalue weighted by Gasteiger charge is -2.21. The van der Waals surface area contributed by atoms with Gasteiger partial charge >= 0.3 is 12.2 Å². The van der Waals surface area contributed by atoms with E-state index in [1.54, 1.807) is 37.4 Å². The molecule has 1 aromatic heterocycles. The molecular formula is C26H28F5N5O3. The number of methoxy groups -OCH3 is 1. The summed E-state index contributed by atoms with van der Waals surface area (Å²) in [4.78, 5) is 15.2. The fourth-order valence-corrected chi connectivity index (χ4v) is 4.49. The van der Waals surface area contributed by atoms with E-state index in [9.17, 15) is 26.7 Å². The van der Waals surface area contributed by atoms with E-state index in [0.717, 1.165) is 12.1 Å². The van der Waals surface area contributed by atoms with Crippen molar-refractivity contribution < 1.29 is 36.2 Å². The number of para-hydroxylation sites is 1. The van der Waals surface area contributed by atoms with Gasteiger partial charge in [-0.25, -0.2) is 18.3 Å². The summed E-state index contributed by atoms with van der Waals surface area (Å²) in [5, 5.41) is 9.71. The molecule has 210 valence electrons. The third-order valence-electron chi connectivity index (χ3n) is 6.38. The Morgan fingerprint density at radius 3 is 2.51 bits per heavy atom. The van der Waals surface area contributed by atoms with Crippen LogP contribution in [0.25, 0.3) is 5.69 Å². The first-order valence-electron chi connectivity index (χ1n) is 12.1. The molecule has 1 saturated heterocycles. The molecule has 8 nitrogen and oxygen atoms in total. The van der Waals surface area contributed by atoms with Gasteiger partial charge < -0.3 is 14.8 Å². The van der Waals surface area contributed by atoms with Gasteiger partial charge in [0.2, 0.25) is 5.88 Å². The molecule has 0 bridgehead atoms. The number of aromatic nitrogens is 2. The first-order chi connectivity index (χ1) is 18.6. The lowest BCUT2D eigenvalue weighted by Crippen LogP contribution is -2.42. The van der Waals surface area contributed by atoms with Crippen molar-refractivity contribution in [3.05, 3.63) is 71.3 Å². The number of halogens is 5. The van der Waals surface area contributed by atoms with Crippen LogP contribution in [0.1, 0.15) is 17.0 Å². The van der Waals surface area contributed by atoms with E-state index < -0.39 is 36.5 Å². The van der Waals surface area contributed by atoms with E-state index in [-0.39, 0.29) is 23.2 Å². The van der Waals surface area contributed by atoms with Gasteiger partial charge in [-0.15, -0.1) is 5.10 Å². The molecule has 13 heteroatoms. The van der Waals surface area contributed by atoms with Gasteiger partial charge in [-0.2, -0.15) is 13.2 Å². The smallest absolute Gasteiger partial charge is 0.422 e. The first-order valence-corrected chi connectivity index (χ1v) is 12.1. The lowest BCUT2D eigenvalue weighted by molar-refractivity contribution is -0.154. The fourth-order valence-electron chi connectivity index (χ4n) is 4.49. The number of carbonyl (C=O) groups is 1. The van der Waals surface area contributed by atoms with Crippen LogP contribution in [-0.4, -0.2) is 72.9 Å². The maximum Gasteiger partial charge on any atom is 0.422 e. The molecule has 2 N–H and O–H groups in total. The van der Waals surface area contributed by atoms with Crippen LogP contribution in [0.2, 0.25) is 0 Å². The van der Waals surface area contributed by atoms with Crippen LogP contribution < -0.4 is 15.4 Å². The Morgan fingerprint density at radius 2 is 1.85 bits per heavy atom. The zero-order valence-electron chi connectivity index (χ0n) is 21.3. The highest BCUT2D eigenvalue weighted by molar-refractivity contribution is 5.90. The number of likely N-dealkylation sites (tertiary alicyclic amines) is 1. The zero-order chi connectivity index (χ0) is 28.2. The van der Waals surface area contributed by atoms with Crippen molar-refractivity contribution >= 4 is 11.8 Å². The summed E-state index contributed by atoms with van der Waals surface area (Å²) >= 11 is 0. The maximum absolute atomic E-state index is 14.0. The van der Waals surface area contributed by atoms with Gasteiger partial charge in [0.15, 0.2) is 18.2 Å². The number of nitrogens with one attached hydrogen (secondary N) is 2. The third kappa shape index (κ3) is 7.03. The number of alkyl halides is 3. The Balaban J connectivity index is 1.57. The summed E-state index contributed by atoms with van der Waals surface area (Å²) < 4.78 is 77.2. The second-order valence-electron chi connectivity index (χ2n) is 9.17. The molecule has 0 aliphatic carbocycles. The van der Waals surface area contributed by atoms with Crippen molar-refractivity contribution in [3.63, 3.8) is 0 Å². The van der Waals surface area contributed by atoms with Crippen LogP contribution in [0.15, 0.2) is 48.5 Å². The number of urea groups is 1. The molecule has 0 saturated carbocycles. The van der Waals surface area contributed by atoms with Crippen LogP contribution in [0.4, 0.5) is 32.6 Å². The van der Waals surface area contributed by atoms with Gasteiger partial charge in [0.05, 0.1) is 23.9 Å². The minimum atomic E-state index is -4.57. The van der Waals surface area contributed by atoms with E-state index in [1.165, 1.54) is 17.7 Å². The second-order valence-corrected chi connectivity index (χ2v) is 9.17. The van der Waals surface area contributed by atoms with Crippen molar-refractivity contribution in [3.8, 4) is 11.6 Å². The normalized spacial score (nSPS) is 17.8. The van der Waals surface area contributed by atoms with Gasteiger partial charge in [-0.05, 0) is 36.8 Å². The van der Waals surface area contributed by atoms with E-state index in [2.05, 4.69) is 15.7 Å². The predicted molar refractivity (Wildman–Crippen MR) is 133 cm³/mol. The van der Waals surface area contributed by atoms with Crippen LogP contribution in [0, 0.1) is 18.6 Å². The quantitative estimate of drug-likeness (QED) is 0.378.